The highest BCUT2D eigenvalue weighted by molar-refractivity contribution is 6.30. The van der Waals surface area contributed by atoms with Crippen LogP contribution in [0.4, 0.5) is 19.1 Å². The van der Waals surface area contributed by atoms with E-state index in [0.29, 0.717) is 16.5 Å². The Morgan fingerprint density at radius 3 is 2.77 bits per heavy atom. The predicted molar refractivity (Wildman–Crippen MR) is 72.4 cm³/mol. The second-order valence-corrected chi connectivity index (χ2v) is 4.74. The second-order valence-electron chi connectivity index (χ2n) is 4.31. The highest BCUT2D eigenvalue weighted by Crippen LogP contribution is 2.27. The second kappa shape index (κ2) is 5.41. The summed E-state index contributed by atoms with van der Waals surface area (Å²) in [6.07, 6.45) is -1.87. The van der Waals surface area contributed by atoms with Crippen LogP contribution in [-0.2, 0) is 12.7 Å². The van der Waals surface area contributed by atoms with Crippen LogP contribution in [0.15, 0.2) is 30.6 Å². The van der Waals surface area contributed by atoms with E-state index in [1.165, 1.54) is 0 Å². The molecular formula is C12H8ClF3N6. The van der Waals surface area contributed by atoms with Gasteiger partial charge in [0.05, 0.1) is 11.6 Å². The predicted octanol–water partition coefficient (Wildman–Crippen LogP) is 2.80. The Morgan fingerprint density at radius 2 is 2.00 bits per heavy atom. The van der Waals surface area contributed by atoms with Gasteiger partial charge in [0.15, 0.2) is 11.5 Å². The molecule has 0 atom stereocenters. The van der Waals surface area contributed by atoms with E-state index in [1.54, 1.807) is 22.7 Å². The average Bonchev–Trinajstić information content (AvgIpc) is 2.87. The van der Waals surface area contributed by atoms with Gasteiger partial charge in [0.25, 0.3) is 0 Å². The molecule has 0 unspecified atom stereocenters. The van der Waals surface area contributed by atoms with Gasteiger partial charge in [0, 0.05) is 12.4 Å². The highest BCUT2D eigenvalue weighted by atomic mass is 35.5. The zero-order valence-electron chi connectivity index (χ0n) is 10.8. The zero-order valence-corrected chi connectivity index (χ0v) is 11.6. The summed E-state index contributed by atoms with van der Waals surface area (Å²) < 4.78 is 39.4. The number of nitrogens with zero attached hydrogens (tertiary/aromatic N) is 5. The Bertz CT molecular complexity index is 816. The number of aromatic nitrogens is 5. The van der Waals surface area contributed by atoms with Crippen molar-refractivity contribution >= 4 is 23.2 Å². The van der Waals surface area contributed by atoms with Crippen LogP contribution in [0.3, 0.4) is 0 Å². The first-order valence-electron chi connectivity index (χ1n) is 6.07. The lowest BCUT2D eigenvalue weighted by Crippen LogP contribution is -2.12. The van der Waals surface area contributed by atoms with E-state index < -0.39 is 11.9 Å². The van der Waals surface area contributed by atoms with E-state index >= 15 is 0 Å². The number of halogens is 4. The van der Waals surface area contributed by atoms with E-state index in [4.69, 9.17) is 11.6 Å². The molecule has 3 rings (SSSR count). The summed E-state index contributed by atoms with van der Waals surface area (Å²) in [6, 6.07) is 4.15. The molecule has 10 heteroatoms. The molecular weight excluding hydrogens is 321 g/mol. The van der Waals surface area contributed by atoms with Gasteiger partial charge in [-0.1, -0.05) is 11.6 Å². The normalized spacial score (nSPS) is 11.8. The molecule has 0 aliphatic heterocycles. The number of hydrogen-bond donors (Lipinski definition) is 1. The van der Waals surface area contributed by atoms with Crippen LogP contribution in [0.2, 0.25) is 5.02 Å². The van der Waals surface area contributed by atoms with Crippen molar-refractivity contribution in [3.63, 3.8) is 0 Å². The van der Waals surface area contributed by atoms with Gasteiger partial charge in [-0.05, 0) is 18.2 Å². The monoisotopic (exact) mass is 328 g/mol. The Labute approximate surface area is 127 Å². The largest absolute Gasteiger partial charge is 0.433 e. The van der Waals surface area contributed by atoms with Gasteiger partial charge in [0.2, 0.25) is 5.95 Å². The minimum Gasteiger partial charge on any atom is -0.347 e. The summed E-state index contributed by atoms with van der Waals surface area (Å²) >= 11 is 5.89. The van der Waals surface area contributed by atoms with E-state index in [9.17, 15) is 13.2 Å². The lowest BCUT2D eigenvalue weighted by atomic mass is 10.4. The fourth-order valence-corrected chi connectivity index (χ4v) is 1.95. The number of rotatable bonds is 3. The van der Waals surface area contributed by atoms with Crippen molar-refractivity contribution in [1.29, 1.82) is 0 Å². The molecule has 22 heavy (non-hydrogen) atoms. The van der Waals surface area contributed by atoms with Crippen molar-refractivity contribution in [1.82, 2.24) is 24.6 Å². The van der Waals surface area contributed by atoms with Crippen molar-refractivity contribution in [3.05, 3.63) is 47.1 Å². The molecule has 0 fully saturated rings. The van der Waals surface area contributed by atoms with E-state index in [0.717, 1.165) is 12.3 Å². The van der Waals surface area contributed by atoms with Crippen molar-refractivity contribution in [3.8, 4) is 0 Å². The fourth-order valence-electron chi connectivity index (χ4n) is 1.79. The third kappa shape index (κ3) is 2.93. The van der Waals surface area contributed by atoms with Crippen LogP contribution in [-0.4, -0.2) is 24.6 Å². The first-order chi connectivity index (χ1) is 10.4. The van der Waals surface area contributed by atoms with E-state index in [1.807, 2.05) is 0 Å². The SMILES string of the molecule is FC(F)(F)c1ccnc(NCc2nnc3ccc(Cl)cn23)n1. The third-order valence-corrected chi connectivity index (χ3v) is 3.01. The molecule has 0 saturated carbocycles. The molecule has 114 valence electrons. The third-order valence-electron chi connectivity index (χ3n) is 2.79. The van der Waals surface area contributed by atoms with Gasteiger partial charge in [-0.25, -0.2) is 9.97 Å². The summed E-state index contributed by atoms with van der Waals surface area (Å²) in [4.78, 5) is 7.15. The van der Waals surface area contributed by atoms with Crippen molar-refractivity contribution < 1.29 is 13.2 Å². The Morgan fingerprint density at radius 1 is 1.18 bits per heavy atom. The molecule has 3 aromatic heterocycles. The molecule has 3 aromatic rings. The maximum absolute atomic E-state index is 12.6. The topological polar surface area (TPSA) is 68.0 Å². The number of fused-ring (bicyclic) bond motifs is 1. The molecule has 0 aromatic carbocycles. The van der Waals surface area contributed by atoms with Crippen LogP contribution in [0.5, 0.6) is 0 Å². The smallest absolute Gasteiger partial charge is 0.347 e. The van der Waals surface area contributed by atoms with E-state index in [2.05, 4.69) is 25.5 Å². The maximum atomic E-state index is 12.6. The summed E-state index contributed by atoms with van der Waals surface area (Å²) in [6.45, 7) is 0.100. The average molecular weight is 329 g/mol. The summed E-state index contributed by atoms with van der Waals surface area (Å²) in [5.41, 5.74) is -0.440. The number of hydrogen-bond acceptors (Lipinski definition) is 5. The molecule has 0 radical (unpaired) electrons. The zero-order chi connectivity index (χ0) is 15.7. The first-order valence-corrected chi connectivity index (χ1v) is 6.44. The minimum absolute atomic E-state index is 0.100. The summed E-state index contributed by atoms with van der Waals surface area (Å²) in [5.74, 6) is 0.326. The number of alkyl halides is 3. The molecule has 0 bridgehead atoms. The van der Waals surface area contributed by atoms with Gasteiger partial charge in [0.1, 0.15) is 5.69 Å². The molecule has 0 spiro atoms. The van der Waals surface area contributed by atoms with E-state index in [-0.39, 0.29) is 12.5 Å². The van der Waals surface area contributed by atoms with Gasteiger partial charge in [-0.3, -0.25) is 4.40 Å². The van der Waals surface area contributed by atoms with Crippen molar-refractivity contribution in [2.75, 3.05) is 5.32 Å². The molecule has 1 N–H and O–H groups in total. The lowest BCUT2D eigenvalue weighted by Gasteiger charge is -2.08. The minimum atomic E-state index is -4.52. The Hall–Kier alpha value is -2.42. The molecule has 0 aliphatic rings. The number of pyridine rings is 1. The molecule has 3 heterocycles. The van der Waals surface area contributed by atoms with Crippen LogP contribution in [0, 0.1) is 0 Å². The maximum Gasteiger partial charge on any atom is 0.433 e. The van der Waals surface area contributed by atoms with Gasteiger partial charge >= 0.3 is 6.18 Å². The summed E-state index contributed by atoms with van der Waals surface area (Å²) in [7, 11) is 0. The van der Waals surface area contributed by atoms with Gasteiger partial charge < -0.3 is 5.32 Å². The van der Waals surface area contributed by atoms with Crippen molar-refractivity contribution in [2.45, 2.75) is 12.7 Å². The first kappa shape index (κ1) is 14.5. The summed E-state index contributed by atoms with van der Waals surface area (Å²) in [5, 5.41) is 11.0. The van der Waals surface area contributed by atoms with Crippen LogP contribution < -0.4 is 5.32 Å². The van der Waals surface area contributed by atoms with Crippen molar-refractivity contribution in [2.24, 2.45) is 0 Å². The highest BCUT2D eigenvalue weighted by Gasteiger charge is 2.32. The van der Waals surface area contributed by atoms with Crippen LogP contribution >= 0.6 is 11.6 Å². The Kier molecular flexibility index (Phi) is 3.57. The molecule has 0 saturated heterocycles. The molecule has 6 nitrogen and oxygen atoms in total. The van der Waals surface area contributed by atoms with Crippen LogP contribution in [0.25, 0.3) is 5.65 Å². The number of nitrogens with one attached hydrogen (secondary N) is 1. The van der Waals surface area contributed by atoms with Crippen LogP contribution in [0.1, 0.15) is 11.5 Å². The Balaban J connectivity index is 1.81. The van der Waals surface area contributed by atoms with Gasteiger partial charge in [-0.15, -0.1) is 10.2 Å². The standard InChI is InChI=1S/C12H8ClF3N6/c13-7-1-2-9-20-21-10(22(9)6-7)5-18-11-17-4-3-8(19-11)12(14,15)16/h1-4,6H,5H2,(H,17,18,19). The quantitative estimate of drug-likeness (QED) is 0.800. The number of anilines is 1. The molecule has 0 aliphatic carbocycles. The lowest BCUT2D eigenvalue weighted by molar-refractivity contribution is -0.141. The van der Waals surface area contributed by atoms with Gasteiger partial charge in [-0.2, -0.15) is 13.2 Å². The molecule has 0 amide bonds. The fraction of sp³-hybridized carbons (Fsp3) is 0.167.